The predicted molar refractivity (Wildman–Crippen MR) is 153 cm³/mol. The monoisotopic (exact) mass is 551 g/mol. The molecule has 39 heavy (non-hydrogen) atoms. The van der Waals surface area contributed by atoms with Crippen molar-refractivity contribution in [2.24, 2.45) is 0 Å². The number of para-hydroxylation sites is 1. The Morgan fingerprint density at radius 2 is 1.62 bits per heavy atom. The summed E-state index contributed by atoms with van der Waals surface area (Å²) in [6.07, 6.45) is 1.41. The van der Waals surface area contributed by atoms with Crippen LogP contribution in [-0.2, 0) is 16.3 Å². The smallest absolute Gasteiger partial charge is 0.210 e. The van der Waals surface area contributed by atoms with Crippen LogP contribution in [0.15, 0.2) is 80.9 Å². The minimum Gasteiger partial charge on any atom is -0.493 e. The van der Waals surface area contributed by atoms with E-state index < -0.39 is 9.84 Å². The van der Waals surface area contributed by atoms with Gasteiger partial charge < -0.3 is 18.6 Å². The topological polar surface area (TPSA) is 78.2 Å². The van der Waals surface area contributed by atoms with Gasteiger partial charge in [0.05, 0.1) is 19.1 Å². The van der Waals surface area contributed by atoms with Gasteiger partial charge in [-0.15, -0.1) is 0 Å². The maximum Gasteiger partial charge on any atom is 0.210 e. The number of fused-ring (bicyclic) bond motifs is 1. The predicted octanol–water partition coefficient (Wildman–Crippen LogP) is 6.70. The molecule has 0 aliphatic carbocycles. The lowest BCUT2D eigenvalue weighted by Gasteiger charge is -2.28. The Labute approximate surface area is 231 Å². The van der Waals surface area contributed by atoms with Crippen molar-refractivity contribution >= 4 is 20.8 Å². The number of rotatable bonds is 12. The number of benzene rings is 3. The van der Waals surface area contributed by atoms with Crippen LogP contribution in [0.25, 0.3) is 11.0 Å². The molecule has 0 amide bonds. The lowest BCUT2D eigenvalue weighted by atomic mass is 10.1. The van der Waals surface area contributed by atoms with Crippen molar-refractivity contribution in [1.82, 2.24) is 4.90 Å². The minimum absolute atomic E-state index is 0.0790. The molecule has 0 N–H and O–H groups in total. The van der Waals surface area contributed by atoms with E-state index in [0.29, 0.717) is 34.0 Å². The van der Waals surface area contributed by atoms with Gasteiger partial charge in [0.25, 0.3) is 0 Å². The summed E-state index contributed by atoms with van der Waals surface area (Å²) in [6.45, 7) is 6.69. The lowest BCUT2D eigenvalue weighted by molar-refractivity contribution is 0.0427. The lowest BCUT2D eigenvalue weighted by Crippen LogP contribution is -2.37. The first-order valence-electron chi connectivity index (χ1n) is 13.1. The summed E-state index contributed by atoms with van der Waals surface area (Å²) in [5.74, 6) is 2.42. The fourth-order valence-electron chi connectivity index (χ4n) is 4.64. The summed E-state index contributed by atoms with van der Waals surface area (Å²) in [4.78, 5) is 2.59. The number of sulfone groups is 1. The third-order valence-corrected chi connectivity index (χ3v) is 8.67. The second-order valence-electron chi connectivity index (χ2n) is 9.82. The molecule has 0 saturated heterocycles. The van der Waals surface area contributed by atoms with Gasteiger partial charge in [-0.05, 0) is 74.0 Å². The normalized spacial score (nSPS) is 12.7. The standard InChI is InChI=1S/C31H37NO6S/c1-7-29(32(4)19-18-22-12-17-27(35-5)28(20-22)36-6)37-23-13-15-24(16-14-23)39(33,34)31-25-10-8-9-11-26(25)38-30(31)21(2)3/h8-17,20-21,29H,7,18-19H2,1-6H3. The summed E-state index contributed by atoms with van der Waals surface area (Å²) in [5, 5.41) is 0.601. The molecule has 8 heteroatoms. The summed E-state index contributed by atoms with van der Waals surface area (Å²) >= 11 is 0. The van der Waals surface area contributed by atoms with Gasteiger partial charge in [0.2, 0.25) is 9.84 Å². The molecule has 0 saturated carbocycles. The maximum absolute atomic E-state index is 13.7. The zero-order valence-corrected chi connectivity index (χ0v) is 24.2. The molecule has 0 spiro atoms. The summed E-state index contributed by atoms with van der Waals surface area (Å²) in [6, 6.07) is 19.8. The number of furan rings is 1. The zero-order valence-electron chi connectivity index (χ0n) is 23.4. The highest BCUT2D eigenvalue weighted by molar-refractivity contribution is 7.91. The van der Waals surface area contributed by atoms with Crippen LogP contribution in [0.1, 0.15) is 44.4 Å². The van der Waals surface area contributed by atoms with Gasteiger partial charge in [0.15, 0.2) is 17.7 Å². The molecular formula is C31H37NO6S. The third kappa shape index (κ3) is 6.07. The SMILES string of the molecule is CCC(Oc1ccc(S(=O)(=O)c2c(C(C)C)oc3ccccc23)cc1)N(C)CCc1ccc(OC)c(OC)c1. The molecule has 1 atom stereocenters. The van der Waals surface area contributed by atoms with Crippen LogP contribution in [0, 0.1) is 0 Å². The molecule has 1 aromatic heterocycles. The molecular weight excluding hydrogens is 514 g/mol. The largest absolute Gasteiger partial charge is 0.493 e. The Balaban J connectivity index is 1.48. The molecule has 1 heterocycles. The molecule has 7 nitrogen and oxygen atoms in total. The Morgan fingerprint density at radius 1 is 0.923 bits per heavy atom. The number of ether oxygens (including phenoxy) is 3. The average Bonchev–Trinajstić information content (AvgIpc) is 3.36. The van der Waals surface area contributed by atoms with E-state index in [1.54, 1.807) is 50.6 Å². The molecule has 0 fully saturated rings. The average molecular weight is 552 g/mol. The van der Waals surface area contributed by atoms with Gasteiger partial charge in [0, 0.05) is 17.8 Å². The van der Waals surface area contributed by atoms with E-state index in [9.17, 15) is 8.42 Å². The first-order valence-corrected chi connectivity index (χ1v) is 14.6. The fraction of sp³-hybridized carbons (Fsp3) is 0.355. The molecule has 0 bridgehead atoms. The van der Waals surface area contributed by atoms with Crippen molar-refractivity contribution in [3.8, 4) is 17.2 Å². The summed E-state index contributed by atoms with van der Waals surface area (Å²) < 4.78 is 50.4. The van der Waals surface area contributed by atoms with Gasteiger partial charge in [-0.3, -0.25) is 4.90 Å². The highest BCUT2D eigenvalue weighted by Gasteiger charge is 2.29. The van der Waals surface area contributed by atoms with E-state index in [-0.39, 0.29) is 21.9 Å². The number of nitrogens with zero attached hydrogens (tertiary/aromatic N) is 1. The van der Waals surface area contributed by atoms with Crippen molar-refractivity contribution in [3.63, 3.8) is 0 Å². The maximum atomic E-state index is 13.7. The number of hydrogen-bond donors (Lipinski definition) is 0. The van der Waals surface area contributed by atoms with Gasteiger partial charge >= 0.3 is 0 Å². The van der Waals surface area contributed by atoms with Gasteiger partial charge in [-0.25, -0.2) is 8.42 Å². The highest BCUT2D eigenvalue weighted by Crippen LogP contribution is 2.38. The summed E-state index contributed by atoms with van der Waals surface area (Å²) in [7, 11) is 1.48. The van der Waals surface area contributed by atoms with Gasteiger partial charge in [-0.2, -0.15) is 0 Å². The molecule has 4 rings (SSSR count). The van der Waals surface area contributed by atoms with Crippen molar-refractivity contribution < 1.29 is 27.0 Å². The van der Waals surface area contributed by atoms with Crippen LogP contribution in [0.2, 0.25) is 0 Å². The van der Waals surface area contributed by atoms with Crippen molar-refractivity contribution in [2.45, 2.75) is 55.5 Å². The Morgan fingerprint density at radius 3 is 2.26 bits per heavy atom. The highest BCUT2D eigenvalue weighted by atomic mass is 32.2. The van der Waals surface area contributed by atoms with E-state index in [4.69, 9.17) is 18.6 Å². The van der Waals surface area contributed by atoms with Crippen LogP contribution < -0.4 is 14.2 Å². The van der Waals surface area contributed by atoms with E-state index in [0.717, 1.165) is 24.9 Å². The van der Waals surface area contributed by atoms with Crippen LogP contribution in [0.5, 0.6) is 17.2 Å². The number of likely N-dealkylation sites (N-methyl/N-ethyl adjacent to an activating group) is 1. The van der Waals surface area contributed by atoms with Gasteiger partial charge in [0.1, 0.15) is 22.0 Å². The molecule has 4 aromatic rings. The Hall–Kier alpha value is -3.49. The minimum atomic E-state index is -3.79. The Bertz CT molecular complexity index is 1510. The first kappa shape index (κ1) is 28.5. The van der Waals surface area contributed by atoms with Crippen molar-refractivity contribution in [3.05, 3.63) is 78.1 Å². The molecule has 1 unspecified atom stereocenters. The first-order chi connectivity index (χ1) is 18.7. The van der Waals surface area contributed by atoms with Crippen molar-refractivity contribution in [2.75, 3.05) is 27.8 Å². The van der Waals surface area contributed by atoms with Crippen LogP contribution in [-0.4, -0.2) is 47.4 Å². The van der Waals surface area contributed by atoms with E-state index >= 15 is 0 Å². The molecule has 0 aliphatic heterocycles. The third-order valence-electron chi connectivity index (χ3n) is 6.82. The quantitative estimate of drug-likeness (QED) is 0.181. The number of methoxy groups -OCH3 is 2. The molecule has 3 aromatic carbocycles. The van der Waals surface area contributed by atoms with Crippen molar-refractivity contribution in [1.29, 1.82) is 0 Å². The molecule has 0 radical (unpaired) electrons. The zero-order chi connectivity index (χ0) is 28.2. The van der Waals surface area contributed by atoms with Gasteiger partial charge in [-0.1, -0.05) is 39.0 Å². The number of hydrogen-bond acceptors (Lipinski definition) is 7. The van der Waals surface area contributed by atoms with E-state index in [1.165, 1.54) is 0 Å². The van der Waals surface area contributed by atoms with Crippen LogP contribution in [0.4, 0.5) is 0 Å². The van der Waals surface area contributed by atoms with E-state index in [1.807, 2.05) is 51.2 Å². The second kappa shape index (κ2) is 12.1. The van der Waals surface area contributed by atoms with Crippen LogP contribution >= 0.6 is 0 Å². The molecule has 0 aliphatic rings. The summed E-state index contributed by atoms with van der Waals surface area (Å²) in [5.41, 5.74) is 1.71. The Kier molecular flexibility index (Phi) is 8.87. The van der Waals surface area contributed by atoms with E-state index in [2.05, 4.69) is 11.8 Å². The molecule has 208 valence electrons. The van der Waals surface area contributed by atoms with Crippen LogP contribution in [0.3, 0.4) is 0 Å². The second-order valence-corrected chi connectivity index (χ2v) is 11.7. The fourth-order valence-corrected chi connectivity index (χ4v) is 6.37.